The number of amides is 1. The lowest BCUT2D eigenvalue weighted by atomic mass is 10.2. The summed E-state index contributed by atoms with van der Waals surface area (Å²) >= 11 is 6.09. The molecule has 3 aromatic rings. The Morgan fingerprint density at radius 3 is 2.71 bits per heavy atom. The van der Waals surface area contributed by atoms with Crippen LogP contribution in [-0.2, 0) is 14.8 Å². The molecule has 1 aliphatic heterocycles. The Kier molecular flexibility index (Phi) is 4.68. The van der Waals surface area contributed by atoms with Crippen molar-refractivity contribution in [1.29, 1.82) is 0 Å². The van der Waals surface area contributed by atoms with Gasteiger partial charge in [-0.05, 0) is 42.8 Å². The van der Waals surface area contributed by atoms with E-state index in [0.29, 0.717) is 35.3 Å². The molecule has 6 nitrogen and oxygen atoms in total. The molecule has 0 aliphatic carbocycles. The highest BCUT2D eigenvalue weighted by atomic mass is 35.5. The molecule has 1 saturated heterocycles. The fourth-order valence-electron chi connectivity index (χ4n) is 3.25. The molecule has 0 bridgehead atoms. The van der Waals surface area contributed by atoms with E-state index < -0.39 is 15.8 Å². The van der Waals surface area contributed by atoms with Gasteiger partial charge in [0, 0.05) is 30.6 Å². The number of carbonyl (C=O) groups is 1. The molecule has 1 amide bonds. The van der Waals surface area contributed by atoms with Crippen LogP contribution in [0.3, 0.4) is 0 Å². The molecule has 1 N–H and O–H groups in total. The summed E-state index contributed by atoms with van der Waals surface area (Å²) in [6.07, 6.45) is 2.57. The molecule has 0 unspecified atom stereocenters. The monoisotopic (exact) mass is 419 g/mol. The van der Waals surface area contributed by atoms with Gasteiger partial charge in [0.2, 0.25) is 5.91 Å². The third-order valence-electron chi connectivity index (χ3n) is 4.53. The van der Waals surface area contributed by atoms with Crippen LogP contribution in [0.1, 0.15) is 12.8 Å². The number of carbonyl (C=O) groups excluding carboxylic acids is 1. The second-order valence-corrected chi connectivity index (χ2v) is 8.42. The van der Waals surface area contributed by atoms with Gasteiger partial charge >= 0.3 is 0 Å². The van der Waals surface area contributed by atoms with E-state index in [9.17, 15) is 17.6 Å². The number of benzene rings is 2. The van der Waals surface area contributed by atoms with Crippen molar-refractivity contribution in [3.63, 3.8) is 0 Å². The molecule has 9 heteroatoms. The number of anilines is 2. The zero-order valence-corrected chi connectivity index (χ0v) is 16.1. The first-order chi connectivity index (χ1) is 13.4. The van der Waals surface area contributed by atoms with Crippen molar-refractivity contribution in [2.24, 2.45) is 0 Å². The van der Waals surface area contributed by atoms with Crippen LogP contribution in [0.25, 0.3) is 10.9 Å². The third-order valence-corrected chi connectivity index (χ3v) is 6.28. The SMILES string of the molecule is O=C1CCCN1c1ccc(NS(=O)(=O)c2ccc(Cl)c3ncccc23)cc1F. The number of nitrogens with zero attached hydrogens (tertiary/aromatic N) is 2. The Morgan fingerprint density at radius 1 is 1.18 bits per heavy atom. The summed E-state index contributed by atoms with van der Waals surface area (Å²) in [4.78, 5) is 17.3. The molecule has 1 aliphatic rings. The second-order valence-electron chi connectivity index (χ2n) is 6.37. The van der Waals surface area contributed by atoms with E-state index in [4.69, 9.17) is 11.6 Å². The Labute approximate surface area is 166 Å². The third kappa shape index (κ3) is 3.29. The molecule has 1 aromatic heterocycles. The molecule has 144 valence electrons. The van der Waals surface area contributed by atoms with E-state index in [0.717, 1.165) is 6.07 Å². The van der Waals surface area contributed by atoms with Crippen molar-refractivity contribution < 1.29 is 17.6 Å². The number of halogens is 2. The fraction of sp³-hybridized carbons (Fsp3) is 0.158. The zero-order chi connectivity index (χ0) is 19.9. The lowest BCUT2D eigenvalue weighted by Crippen LogP contribution is -2.24. The zero-order valence-electron chi connectivity index (χ0n) is 14.5. The summed E-state index contributed by atoms with van der Waals surface area (Å²) < 4.78 is 42.6. The van der Waals surface area contributed by atoms with Gasteiger partial charge in [-0.2, -0.15) is 0 Å². The maximum absolute atomic E-state index is 14.5. The van der Waals surface area contributed by atoms with Crippen molar-refractivity contribution >= 4 is 49.8 Å². The average molecular weight is 420 g/mol. The molecule has 28 heavy (non-hydrogen) atoms. The van der Waals surface area contributed by atoms with E-state index >= 15 is 0 Å². The Hall–Kier alpha value is -2.71. The van der Waals surface area contributed by atoms with Gasteiger partial charge in [0.1, 0.15) is 5.82 Å². The predicted molar refractivity (Wildman–Crippen MR) is 106 cm³/mol. The molecule has 0 saturated carbocycles. The van der Waals surface area contributed by atoms with E-state index in [2.05, 4.69) is 9.71 Å². The topological polar surface area (TPSA) is 79.4 Å². The van der Waals surface area contributed by atoms with Gasteiger partial charge in [0.15, 0.2) is 0 Å². The number of sulfonamides is 1. The van der Waals surface area contributed by atoms with Gasteiger partial charge in [-0.3, -0.25) is 14.5 Å². The van der Waals surface area contributed by atoms with Gasteiger partial charge < -0.3 is 4.90 Å². The summed E-state index contributed by atoms with van der Waals surface area (Å²) in [6.45, 7) is 0.449. The van der Waals surface area contributed by atoms with Crippen LogP contribution in [0.15, 0.2) is 53.6 Å². The minimum Gasteiger partial charge on any atom is -0.310 e. The van der Waals surface area contributed by atoms with Crippen LogP contribution >= 0.6 is 11.6 Å². The minimum absolute atomic E-state index is 0.0146. The number of fused-ring (bicyclic) bond motifs is 1. The van der Waals surface area contributed by atoms with Gasteiger partial charge in [-0.1, -0.05) is 11.6 Å². The van der Waals surface area contributed by atoms with Crippen molar-refractivity contribution in [2.45, 2.75) is 17.7 Å². The van der Waals surface area contributed by atoms with Gasteiger partial charge in [-0.25, -0.2) is 12.8 Å². The van der Waals surface area contributed by atoms with Crippen molar-refractivity contribution in [2.75, 3.05) is 16.2 Å². The number of hydrogen-bond acceptors (Lipinski definition) is 4. The molecule has 0 spiro atoms. The minimum atomic E-state index is -4.01. The number of pyridine rings is 1. The summed E-state index contributed by atoms with van der Waals surface area (Å²) in [5.41, 5.74) is 0.563. The summed E-state index contributed by atoms with van der Waals surface area (Å²) in [6, 6.07) is 9.94. The first-order valence-electron chi connectivity index (χ1n) is 8.53. The molecule has 1 fully saturated rings. The first-order valence-corrected chi connectivity index (χ1v) is 10.4. The lowest BCUT2D eigenvalue weighted by molar-refractivity contribution is -0.117. The Balaban J connectivity index is 1.68. The molecular weight excluding hydrogens is 405 g/mol. The average Bonchev–Trinajstić information content (AvgIpc) is 3.07. The largest absolute Gasteiger partial charge is 0.310 e. The molecule has 2 aromatic carbocycles. The van der Waals surface area contributed by atoms with Gasteiger partial charge in [-0.15, -0.1) is 0 Å². The normalized spacial score (nSPS) is 14.6. The predicted octanol–water partition coefficient (Wildman–Crippen LogP) is 3.95. The summed E-state index contributed by atoms with van der Waals surface area (Å²) in [7, 11) is -4.01. The Morgan fingerprint density at radius 2 is 2.00 bits per heavy atom. The highest BCUT2D eigenvalue weighted by Crippen LogP contribution is 2.31. The van der Waals surface area contributed by atoms with Crippen LogP contribution in [0.4, 0.5) is 15.8 Å². The van der Waals surface area contributed by atoms with E-state index in [-0.39, 0.29) is 22.2 Å². The van der Waals surface area contributed by atoms with Gasteiger partial charge in [0.05, 0.1) is 26.8 Å². The molecule has 4 rings (SSSR count). The molecule has 0 radical (unpaired) electrons. The fourth-order valence-corrected chi connectivity index (χ4v) is 4.71. The van der Waals surface area contributed by atoms with Crippen LogP contribution in [0.5, 0.6) is 0 Å². The summed E-state index contributed by atoms with van der Waals surface area (Å²) in [5, 5.41) is 0.697. The highest BCUT2D eigenvalue weighted by molar-refractivity contribution is 7.93. The first kappa shape index (κ1) is 18.6. The smallest absolute Gasteiger partial charge is 0.262 e. The standard InChI is InChI=1S/C19H15ClFN3O3S/c20-14-6-8-17(13-3-1-9-22-19(13)14)28(26,27)23-12-5-7-16(15(21)11-12)24-10-2-4-18(24)25/h1,3,5-9,11,23H,2,4,10H2. The van der Waals surface area contributed by atoms with E-state index in [1.54, 1.807) is 12.1 Å². The molecule has 0 atom stereocenters. The van der Waals surface area contributed by atoms with Crippen molar-refractivity contribution in [1.82, 2.24) is 4.98 Å². The Bertz CT molecular complexity index is 1200. The van der Waals surface area contributed by atoms with Crippen molar-refractivity contribution in [3.8, 4) is 0 Å². The van der Waals surface area contributed by atoms with Crippen LogP contribution < -0.4 is 9.62 Å². The number of hydrogen-bond donors (Lipinski definition) is 1. The summed E-state index contributed by atoms with van der Waals surface area (Å²) in [5.74, 6) is -0.814. The maximum atomic E-state index is 14.5. The van der Waals surface area contributed by atoms with Gasteiger partial charge in [0.25, 0.3) is 10.0 Å². The number of nitrogens with one attached hydrogen (secondary N) is 1. The molecule has 2 heterocycles. The van der Waals surface area contributed by atoms with Crippen LogP contribution in [-0.4, -0.2) is 25.9 Å². The number of aromatic nitrogens is 1. The second kappa shape index (κ2) is 7.03. The van der Waals surface area contributed by atoms with E-state index in [1.165, 1.54) is 35.4 Å². The quantitative estimate of drug-likeness (QED) is 0.694. The number of rotatable bonds is 4. The van der Waals surface area contributed by atoms with E-state index in [1.807, 2.05) is 0 Å². The van der Waals surface area contributed by atoms with Crippen LogP contribution in [0, 0.1) is 5.82 Å². The maximum Gasteiger partial charge on any atom is 0.262 e. The highest BCUT2D eigenvalue weighted by Gasteiger charge is 2.25. The molecular formula is C19H15ClFN3O3S. The lowest BCUT2D eigenvalue weighted by Gasteiger charge is -2.17. The van der Waals surface area contributed by atoms with Crippen LogP contribution in [0.2, 0.25) is 5.02 Å². The van der Waals surface area contributed by atoms with Crippen molar-refractivity contribution in [3.05, 3.63) is 59.5 Å².